The van der Waals surface area contributed by atoms with Crippen molar-refractivity contribution in [3.8, 4) is 16.9 Å². The van der Waals surface area contributed by atoms with Gasteiger partial charge in [-0.1, -0.05) is 38.1 Å². The molecule has 1 amide bonds. The molecule has 0 spiro atoms. The molecule has 0 aromatic heterocycles. The molecule has 1 aliphatic rings. The first kappa shape index (κ1) is 24.2. The van der Waals surface area contributed by atoms with Gasteiger partial charge in [-0.2, -0.15) is 0 Å². The molecule has 174 valence electrons. The minimum absolute atomic E-state index is 0.0228. The number of amides is 1. The molecule has 1 N–H and O–H groups in total. The van der Waals surface area contributed by atoms with E-state index in [4.69, 9.17) is 9.47 Å². The van der Waals surface area contributed by atoms with E-state index >= 15 is 0 Å². The molecular weight excluding hydrogens is 407 g/mol. The van der Waals surface area contributed by atoms with E-state index in [1.807, 2.05) is 24.3 Å². The summed E-state index contributed by atoms with van der Waals surface area (Å²) >= 11 is 0. The van der Waals surface area contributed by atoms with Gasteiger partial charge in [0, 0.05) is 25.1 Å². The number of hydrogen-bond donors (Lipinski definition) is 1. The van der Waals surface area contributed by atoms with Crippen LogP contribution >= 0.6 is 0 Å². The van der Waals surface area contributed by atoms with Crippen LogP contribution in [-0.4, -0.2) is 56.3 Å². The van der Waals surface area contributed by atoms with Crippen LogP contribution in [0, 0.1) is 5.82 Å². The Bertz CT molecular complexity index is 875. The molecule has 5 nitrogen and oxygen atoms in total. The number of halogens is 1. The first-order valence-electron chi connectivity index (χ1n) is 11.6. The molecular formula is C26H35FN2O3. The van der Waals surface area contributed by atoms with Crippen LogP contribution < -0.4 is 10.1 Å². The minimum Gasteiger partial charge on any atom is -0.496 e. The van der Waals surface area contributed by atoms with Gasteiger partial charge in [0.2, 0.25) is 0 Å². The second kappa shape index (κ2) is 11.4. The Morgan fingerprint density at radius 2 is 1.94 bits per heavy atom. The summed E-state index contributed by atoms with van der Waals surface area (Å²) in [4.78, 5) is 15.4. The number of nitrogens with one attached hydrogen (secondary N) is 1. The Morgan fingerprint density at radius 1 is 1.19 bits per heavy atom. The van der Waals surface area contributed by atoms with Crippen molar-refractivity contribution in [3.63, 3.8) is 0 Å². The topological polar surface area (TPSA) is 50.8 Å². The predicted molar refractivity (Wildman–Crippen MR) is 125 cm³/mol. The van der Waals surface area contributed by atoms with Crippen LogP contribution in [0.3, 0.4) is 0 Å². The number of carbonyl (C=O) groups is 1. The van der Waals surface area contributed by atoms with E-state index in [-0.39, 0.29) is 11.7 Å². The predicted octanol–water partition coefficient (Wildman–Crippen LogP) is 4.44. The summed E-state index contributed by atoms with van der Waals surface area (Å²) in [5.41, 5.74) is 1.78. The molecule has 1 atom stereocenters. The third-order valence-electron chi connectivity index (χ3n) is 6.26. The summed E-state index contributed by atoms with van der Waals surface area (Å²) in [6.45, 7) is 8.58. The Kier molecular flexibility index (Phi) is 8.65. The average Bonchev–Trinajstić information content (AvgIpc) is 3.29. The van der Waals surface area contributed by atoms with Crippen LogP contribution in [0.5, 0.6) is 5.75 Å². The molecule has 1 fully saturated rings. The van der Waals surface area contributed by atoms with Crippen LogP contribution in [0.1, 0.15) is 38.7 Å². The maximum absolute atomic E-state index is 13.8. The lowest BCUT2D eigenvalue weighted by molar-refractivity contribution is -0.141. The van der Waals surface area contributed by atoms with Crippen molar-refractivity contribution in [2.45, 2.75) is 45.1 Å². The van der Waals surface area contributed by atoms with E-state index in [2.05, 4.69) is 24.1 Å². The fourth-order valence-electron chi connectivity index (χ4n) is 4.34. The summed E-state index contributed by atoms with van der Waals surface area (Å²) in [6, 6.07) is 12.3. The van der Waals surface area contributed by atoms with E-state index in [9.17, 15) is 9.18 Å². The van der Waals surface area contributed by atoms with Gasteiger partial charge in [0.25, 0.3) is 5.91 Å². The molecule has 1 aliphatic heterocycles. The Balaban J connectivity index is 1.66. The molecule has 0 bridgehead atoms. The van der Waals surface area contributed by atoms with E-state index in [0.717, 1.165) is 43.6 Å². The van der Waals surface area contributed by atoms with Gasteiger partial charge in [0.05, 0.1) is 7.11 Å². The maximum Gasteiger partial charge on any atom is 0.252 e. The summed E-state index contributed by atoms with van der Waals surface area (Å²) in [6.07, 6.45) is 3.04. The van der Waals surface area contributed by atoms with E-state index in [1.54, 1.807) is 13.2 Å². The van der Waals surface area contributed by atoms with Gasteiger partial charge >= 0.3 is 0 Å². The molecule has 0 radical (unpaired) electrons. The monoisotopic (exact) mass is 442 g/mol. The van der Waals surface area contributed by atoms with Crippen LogP contribution in [0.2, 0.25) is 0 Å². The fraction of sp³-hybridized carbons (Fsp3) is 0.500. The lowest BCUT2D eigenvalue weighted by Gasteiger charge is -2.27. The van der Waals surface area contributed by atoms with E-state index < -0.39 is 5.60 Å². The van der Waals surface area contributed by atoms with Gasteiger partial charge in [0.15, 0.2) is 5.60 Å². The van der Waals surface area contributed by atoms with Crippen molar-refractivity contribution in [2.75, 3.05) is 39.9 Å². The molecule has 6 heteroatoms. The second-order valence-corrected chi connectivity index (χ2v) is 8.30. The smallest absolute Gasteiger partial charge is 0.252 e. The minimum atomic E-state index is -0.812. The molecule has 32 heavy (non-hydrogen) atoms. The zero-order valence-corrected chi connectivity index (χ0v) is 19.5. The van der Waals surface area contributed by atoms with Crippen molar-refractivity contribution in [3.05, 3.63) is 53.8 Å². The third kappa shape index (κ3) is 5.87. The number of rotatable bonds is 11. The highest BCUT2D eigenvalue weighted by Crippen LogP contribution is 2.33. The van der Waals surface area contributed by atoms with Crippen molar-refractivity contribution in [2.24, 2.45) is 0 Å². The van der Waals surface area contributed by atoms with Gasteiger partial charge < -0.3 is 19.7 Å². The molecule has 1 heterocycles. The maximum atomic E-state index is 13.8. The summed E-state index contributed by atoms with van der Waals surface area (Å²) in [7, 11) is 1.58. The Morgan fingerprint density at radius 3 is 2.56 bits per heavy atom. The third-order valence-corrected chi connectivity index (χ3v) is 6.26. The molecule has 3 rings (SSSR count). The lowest BCUT2D eigenvalue weighted by atomic mass is 9.89. The number of benzene rings is 2. The summed E-state index contributed by atoms with van der Waals surface area (Å²) < 4.78 is 25.1. The van der Waals surface area contributed by atoms with E-state index in [1.165, 1.54) is 12.1 Å². The number of carbonyl (C=O) groups excluding carboxylic acids is 1. The summed E-state index contributed by atoms with van der Waals surface area (Å²) in [5.74, 6) is 0.296. The van der Waals surface area contributed by atoms with Gasteiger partial charge in [-0.25, -0.2) is 4.39 Å². The number of ether oxygens (including phenoxy) is 2. The van der Waals surface area contributed by atoms with Gasteiger partial charge in [-0.05, 0) is 68.2 Å². The molecule has 2 aromatic carbocycles. The SMILES string of the molecule is CCN(CC)CCCNC(=O)[C@]1(Cc2ccc(-c3cc(F)ccc3OC)cc2)CCCO1. The molecule has 0 saturated carbocycles. The quantitative estimate of drug-likeness (QED) is 0.523. The number of methoxy groups -OCH3 is 1. The fourth-order valence-corrected chi connectivity index (χ4v) is 4.34. The van der Waals surface area contributed by atoms with Crippen LogP contribution in [0.25, 0.3) is 11.1 Å². The summed E-state index contributed by atoms with van der Waals surface area (Å²) in [5, 5.41) is 3.10. The largest absolute Gasteiger partial charge is 0.496 e. The van der Waals surface area contributed by atoms with Gasteiger partial charge in [-0.15, -0.1) is 0 Å². The number of nitrogens with zero attached hydrogens (tertiary/aromatic N) is 1. The highest BCUT2D eigenvalue weighted by Gasteiger charge is 2.42. The molecule has 0 aliphatic carbocycles. The number of hydrogen-bond acceptors (Lipinski definition) is 4. The molecule has 1 saturated heterocycles. The second-order valence-electron chi connectivity index (χ2n) is 8.30. The van der Waals surface area contributed by atoms with Crippen molar-refractivity contribution >= 4 is 5.91 Å². The van der Waals surface area contributed by atoms with Gasteiger partial charge in [-0.3, -0.25) is 4.79 Å². The molecule has 0 unspecified atom stereocenters. The van der Waals surface area contributed by atoms with Crippen LogP contribution in [0.15, 0.2) is 42.5 Å². The highest BCUT2D eigenvalue weighted by atomic mass is 19.1. The van der Waals surface area contributed by atoms with Crippen LogP contribution in [0.4, 0.5) is 4.39 Å². The van der Waals surface area contributed by atoms with Crippen molar-refractivity contribution in [1.29, 1.82) is 0 Å². The van der Waals surface area contributed by atoms with Gasteiger partial charge in [0.1, 0.15) is 11.6 Å². The first-order chi connectivity index (χ1) is 15.5. The lowest BCUT2D eigenvalue weighted by Crippen LogP contribution is -2.48. The average molecular weight is 443 g/mol. The standard InChI is InChI=1S/C26H35FN2O3/c1-4-29(5-2)16-7-15-28-25(30)26(14-6-17-32-26)19-20-8-10-21(11-9-20)23-18-22(27)12-13-24(23)31-3/h8-13,18H,4-7,14-17,19H2,1-3H3,(H,28,30)/t26-/m1/s1. The Hall–Kier alpha value is -2.44. The molecule has 2 aromatic rings. The first-order valence-corrected chi connectivity index (χ1v) is 11.6. The van der Waals surface area contributed by atoms with Crippen molar-refractivity contribution in [1.82, 2.24) is 10.2 Å². The zero-order valence-electron chi connectivity index (χ0n) is 19.5. The normalized spacial score (nSPS) is 18.2. The van der Waals surface area contributed by atoms with Crippen molar-refractivity contribution < 1.29 is 18.7 Å². The van der Waals surface area contributed by atoms with Crippen LogP contribution in [-0.2, 0) is 16.0 Å². The Labute approximate surface area is 190 Å². The zero-order chi connectivity index (χ0) is 23.0. The van der Waals surface area contributed by atoms with E-state index in [0.29, 0.717) is 37.3 Å². The highest BCUT2D eigenvalue weighted by molar-refractivity contribution is 5.86.